The summed E-state index contributed by atoms with van der Waals surface area (Å²) in [5.74, 6) is 1.52. The molecule has 0 unspecified atom stereocenters. The minimum Gasteiger partial charge on any atom is -0.396 e. The van der Waals surface area contributed by atoms with E-state index in [0.29, 0.717) is 24.4 Å². The van der Waals surface area contributed by atoms with E-state index in [-0.39, 0.29) is 5.92 Å². The molecule has 6 heterocycles. The molecule has 2 aliphatic carbocycles. The molecule has 2 saturated carbocycles. The van der Waals surface area contributed by atoms with Gasteiger partial charge in [0.2, 0.25) is 0 Å². The molecule has 0 amide bonds. The van der Waals surface area contributed by atoms with Crippen molar-refractivity contribution in [2.45, 2.75) is 63.2 Å². The molecule has 0 bridgehead atoms. The number of aliphatic hydroxyl groups excluding tert-OH is 1. The van der Waals surface area contributed by atoms with Gasteiger partial charge in [-0.15, -0.1) is 10.2 Å². The van der Waals surface area contributed by atoms with Gasteiger partial charge in [-0.3, -0.25) is 0 Å². The molecule has 6 aromatic heterocycles. The molecule has 40 heavy (non-hydrogen) atoms. The smallest absolute Gasteiger partial charge is 0.141 e. The van der Waals surface area contributed by atoms with Gasteiger partial charge in [-0.25, -0.2) is 19.0 Å². The fourth-order valence-electron chi connectivity index (χ4n) is 6.54. The molecule has 0 aliphatic heterocycles. The molecule has 3 N–H and O–H groups in total. The third-order valence-electron chi connectivity index (χ3n) is 8.84. The molecular weight excluding hydrogens is 508 g/mol. The summed E-state index contributed by atoms with van der Waals surface area (Å²) in [5.41, 5.74) is 5.98. The summed E-state index contributed by atoms with van der Waals surface area (Å²) < 4.78 is 3.51. The average molecular weight is 541 g/mol. The van der Waals surface area contributed by atoms with E-state index in [2.05, 4.69) is 40.6 Å². The van der Waals surface area contributed by atoms with Crippen LogP contribution < -0.4 is 0 Å². The number of hydrogen-bond donors (Lipinski definition) is 3. The molecule has 2 fully saturated rings. The van der Waals surface area contributed by atoms with Crippen molar-refractivity contribution in [3.63, 3.8) is 0 Å². The summed E-state index contributed by atoms with van der Waals surface area (Å²) in [6.07, 6.45) is 16.5. The predicted octanol–water partition coefficient (Wildman–Crippen LogP) is 3.95. The zero-order chi connectivity index (χ0) is 27.1. The first-order valence-corrected chi connectivity index (χ1v) is 14.1. The maximum absolute atomic E-state index is 10.9. The van der Waals surface area contributed by atoms with Gasteiger partial charge >= 0.3 is 0 Å². The first-order valence-electron chi connectivity index (χ1n) is 14.1. The van der Waals surface area contributed by atoms with E-state index in [0.717, 1.165) is 102 Å². The molecule has 12 nitrogen and oxygen atoms in total. The van der Waals surface area contributed by atoms with Crippen LogP contribution in [0.2, 0.25) is 0 Å². The molecule has 0 saturated heterocycles. The van der Waals surface area contributed by atoms with Crippen LogP contribution in [-0.4, -0.2) is 67.6 Å². The van der Waals surface area contributed by atoms with Gasteiger partial charge in [-0.2, -0.15) is 0 Å². The maximum Gasteiger partial charge on any atom is 0.141 e. The highest BCUT2D eigenvalue weighted by Gasteiger charge is 2.27. The Morgan fingerprint density at radius 3 is 1.75 bits per heavy atom. The van der Waals surface area contributed by atoms with E-state index < -0.39 is 0 Å². The van der Waals surface area contributed by atoms with Crippen molar-refractivity contribution in [1.82, 2.24) is 49.6 Å². The highest BCUT2D eigenvalue weighted by Crippen LogP contribution is 2.38. The predicted molar refractivity (Wildman–Crippen MR) is 148 cm³/mol. The number of aliphatic hydroxyl groups is 1. The first kappa shape index (κ1) is 24.8. The van der Waals surface area contributed by atoms with Crippen molar-refractivity contribution in [3.8, 4) is 0 Å². The molecule has 12 heteroatoms. The fraction of sp³-hybridized carbons (Fsp3) is 0.464. The quantitative estimate of drug-likeness (QED) is 0.284. The summed E-state index contributed by atoms with van der Waals surface area (Å²) >= 11 is 0. The minimum absolute atomic E-state index is 0.224. The van der Waals surface area contributed by atoms with E-state index >= 15 is 0 Å². The number of carbonyl (C=O) groups excluding carboxylic acids is 1. The van der Waals surface area contributed by atoms with Crippen LogP contribution in [0.15, 0.2) is 37.2 Å². The van der Waals surface area contributed by atoms with Gasteiger partial charge < -0.3 is 19.9 Å². The van der Waals surface area contributed by atoms with Crippen molar-refractivity contribution < 1.29 is 9.90 Å². The van der Waals surface area contributed by atoms with Gasteiger partial charge in [0.25, 0.3) is 0 Å². The number of H-pyrrole nitrogens is 2. The Morgan fingerprint density at radius 1 is 0.775 bits per heavy atom. The summed E-state index contributed by atoms with van der Waals surface area (Å²) in [6.45, 7) is 0.306. The van der Waals surface area contributed by atoms with E-state index in [1.807, 2.05) is 24.5 Å². The molecule has 8 rings (SSSR count). The Kier molecular flexibility index (Phi) is 6.46. The van der Waals surface area contributed by atoms with E-state index in [1.165, 1.54) is 0 Å². The molecule has 6 aromatic rings. The van der Waals surface area contributed by atoms with Gasteiger partial charge in [-0.05, 0) is 69.4 Å². The molecule has 206 valence electrons. The molecule has 2 aliphatic rings. The van der Waals surface area contributed by atoms with Gasteiger partial charge in [0.05, 0.1) is 11.4 Å². The van der Waals surface area contributed by atoms with Crippen LogP contribution in [0, 0.1) is 11.8 Å². The van der Waals surface area contributed by atoms with Crippen LogP contribution in [0.3, 0.4) is 0 Å². The average Bonchev–Trinajstić information content (AvgIpc) is 3.82. The van der Waals surface area contributed by atoms with Gasteiger partial charge in [-0.1, -0.05) is 10.4 Å². The van der Waals surface area contributed by atoms with Crippen molar-refractivity contribution in [2.24, 2.45) is 11.8 Å². The van der Waals surface area contributed by atoms with Gasteiger partial charge in [0.15, 0.2) is 0 Å². The lowest BCUT2D eigenvalue weighted by Gasteiger charge is -2.26. The Morgan fingerprint density at radius 2 is 1.27 bits per heavy atom. The lowest BCUT2D eigenvalue weighted by Crippen LogP contribution is -2.16. The second-order valence-electron chi connectivity index (χ2n) is 11.2. The number of nitrogens with one attached hydrogen (secondary N) is 2. The van der Waals surface area contributed by atoms with Crippen molar-refractivity contribution >= 4 is 39.4 Å². The van der Waals surface area contributed by atoms with Gasteiger partial charge in [0.1, 0.15) is 41.3 Å². The van der Waals surface area contributed by atoms with Crippen molar-refractivity contribution in [3.05, 3.63) is 48.6 Å². The van der Waals surface area contributed by atoms with Crippen molar-refractivity contribution in [1.29, 1.82) is 0 Å². The second-order valence-corrected chi connectivity index (χ2v) is 11.2. The summed E-state index contributed by atoms with van der Waals surface area (Å²) in [5, 5.41) is 28.5. The van der Waals surface area contributed by atoms with Crippen molar-refractivity contribution in [2.75, 3.05) is 6.61 Å². The number of fused-ring (bicyclic) bond motifs is 6. The third kappa shape index (κ3) is 4.32. The Bertz CT molecular complexity index is 1770. The molecule has 0 spiro atoms. The number of aromatic amines is 2. The number of hydrogen-bond acceptors (Lipinski definition) is 8. The maximum atomic E-state index is 10.9. The van der Waals surface area contributed by atoms with E-state index in [4.69, 9.17) is 0 Å². The topological polar surface area (TPSA) is 155 Å². The van der Waals surface area contributed by atoms with E-state index in [1.54, 1.807) is 21.7 Å². The highest BCUT2D eigenvalue weighted by molar-refractivity contribution is 5.93. The fourth-order valence-corrected chi connectivity index (χ4v) is 6.54. The summed E-state index contributed by atoms with van der Waals surface area (Å²) in [6, 6.07) is 4.05. The third-order valence-corrected chi connectivity index (χ3v) is 8.84. The minimum atomic E-state index is 0.224. The number of carbonyl (C=O) groups is 1. The van der Waals surface area contributed by atoms with Crippen LogP contribution in [0.1, 0.15) is 74.6 Å². The SMILES string of the molecule is O=CC1CCC(c2nnn3cnc4[nH]ccc4c23)CC1.OCC1CCC(c2nnn3cnc4[nH]ccc4c23)CC1. The van der Waals surface area contributed by atoms with Crippen LogP contribution >= 0.6 is 0 Å². The monoisotopic (exact) mass is 540 g/mol. The number of aromatic nitrogens is 10. The first-order chi connectivity index (χ1) is 19.7. The Labute approximate surface area is 229 Å². The molecule has 0 atom stereocenters. The van der Waals surface area contributed by atoms with Crippen LogP contribution in [-0.2, 0) is 4.79 Å². The largest absolute Gasteiger partial charge is 0.396 e. The molecular formula is C28H32N10O2. The zero-order valence-electron chi connectivity index (χ0n) is 22.1. The molecule has 0 aromatic carbocycles. The summed E-state index contributed by atoms with van der Waals surface area (Å²) in [7, 11) is 0. The Balaban J connectivity index is 0.000000132. The van der Waals surface area contributed by atoms with Crippen LogP contribution in [0.4, 0.5) is 0 Å². The lowest BCUT2D eigenvalue weighted by atomic mass is 9.80. The molecule has 0 radical (unpaired) electrons. The van der Waals surface area contributed by atoms with Gasteiger partial charge in [0, 0.05) is 47.5 Å². The standard InChI is InChI=1S/C14H17N5O.C14H15N5O/c2*20-7-9-1-3-10(4-2-9)12-13-11-5-6-15-14(11)16-8-19(13)18-17-12/h5-6,8-10,15,20H,1-4,7H2;5-10,15H,1-4H2. The lowest BCUT2D eigenvalue weighted by molar-refractivity contribution is -0.111. The summed E-state index contributed by atoms with van der Waals surface area (Å²) in [4.78, 5) is 25.8. The second kappa shape index (κ2) is 10.4. The van der Waals surface area contributed by atoms with Crippen LogP contribution in [0.25, 0.3) is 33.1 Å². The highest BCUT2D eigenvalue weighted by atomic mass is 16.3. The zero-order valence-corrected chi connectivity index (χ0v) is 22.1. The normalized spacial score (nSPS) is 23.5. The van der Waals surface area contributed by atoms with Crippen LogP contribution in [0.5, 0.6) is 0 Å². The Hall–Kier alpha value is -4.19. The number of rotatable bonds is 4. The number of nitrogens with zero attached hydrogens (tertiary/aromatic N) is 8. The number of aldehydes is 1. The van der Waals surface area contributed by atoms with E-state index in [9.17, 15) is 9.90 Å².